The molecular weight excluding hydrogens is 334 g/mol. The average Bonchev–Trinajstić information content (AvgIpc) is 2.93. The molecule has 0 bridgehead atoms. The van der Waals surface area contributed by atoms with Crippen LogP contribution in [0.15, 0.2) is 51.5 Å². The lowest BCUT2D eigenvalue weighted by Gasteiger charge is -1.99. The fourth-order valence-corrected chi connectivity index (χ4v) is 2.17. The molecule has 6 heteroatoms. The Labute approximate surface area is 129 Å². The van der Waals surface area contributed by atoms with Crippen LogP contribution in [0.1, 0.15) is 11.4 Å². The maximum Gasteiger partial charge on any atom is 0.258 e. The largest absolute Gasteiger partial charge is 0.506 e. The van der Waals surface area contributed by atoms with Gasteiger partial charge in [-0.15, -0.1) is 0 Å². The van der Waals surface area contributed by atoms with Crippen LogP contribution in [0, 0.1) is 0 Å². The van der Waals surface area contributed by atoms with Gasteiger partial charge in [0.15, 0.2) is 5.82 Å². The predicted octanol–water partition coefficient (Wildman–Crippen LogP) is 3.38. The maximum absolute atomic E-state index is 9.61. The van der Waals surface area contributed by atoms with Gasteiger partial charge in [-0.05, 0) is 35.9 Å². The zero-order valence-electron chi connectivity index (χ0n) is 11.0. The SMILES string of the molecule is Nc1ccc(-c2nc(Cc3ccc(Br)cc3)no2)cc1O. The molecule has 0 saturated heterocycles. The molecule has 0 aliphatic rings. The summed E-state index contributed by atoms with van der Waals surface area (Å²) in [5, 5.41) is 13.6. The number of nitrogens with two attached hydrogens (primary N) is 1. The third-order valence-electron chi connectivity index (χ3n) is 3.02. The Morgan fingerprint density at radius 2 is 1.90 bits per heavy atom. The molecule has 5 nitrogen and oxygen atoms in total. The monoisotopic (exact) mass is 345 g/mol. The van der Waals surface area contributed by atoms with Crippen LogP contribution in [0.25, 0.3) is 11.5 Å². The van der Waals surface area contributed by atoms with Crippen molar-refractivity contribution in [1.82, 2.24) is 10.1 Å². The number of phenols is 1. The number of aromatic nitrogens is 2. The van der Waals surface area contributed by atoms with Gasteiger partial charge in [0, 0.05) is 16.5 Å². The smallest absolute Gasteiger partial charge is 0.258 e. The standard InChI is InChI=1S/C15H12BrN3O2/c16-11-4-1-9(2-5-11)7-14-18-15(21-19-14)10-3-6-12(17)13(20)8-10/h1-6,8,20H,7,17H2. The Morgan fingerprint density at radius 1 is 1.14 bits per heavy atom. The number of benzene rings is 2. The number of nitrogens with zero attached hydrogens (tertiary/aromatic N) is 2. The first-order valence-corrected chi connectivity index (χ1v) is 7.07. The molecule has 0 fully saturated rings. The molecule has 0 unspecified atom stereocenters. The highest BCUT2D eigenvalue weighted by molar-refractivity contribution is 9.10. The van der Waals surface area contributed by atoms with Gasteiger partial charge in [0.25, 0.3) is 5.89 Å². The molecule has 0 atom stereocenters. The second-order valence-electron chi connectivity index (χ2n) is 4.59. The molecule has 0 aliphatic carbocycles. The van der Waals surface area contributed by atoms with E-state index in [0.29, 0.717) is 29.4 Å². The fraction of sp³-hybridized carbons (Fsp3) is 0.0667. The molecule has 0 spiro atoms. The molecule has 106 valence electrons. The van der Waals surface area contributed by atoms with Crippen molar-refractivity contribution in [1.29, 1.82) is 0 Å². The molecule has 0 aliphatic heterocycles. The lowest BCUT2D eigenvalue weighted by molar-refractivity contribution is 0.423. The first-order chi connectivity index (χ1) is 10.1. The quantitative estimate of drug-likeness (QED) is 0.561. The highest BCUT2D eigenvalue weighted by atomic mass is 79.9. The second-order valence-corrected chi connectivity index (χ2v) is 5.51. The molecule has 2 aromatic carbocycles. The summed E-state index contributed by atoms with van der Waals surface area (Å²) in [4.78, 5) is 4.33. The molecule has 21 heavy (non-hydrogen) atoms. The van der Waals surface area contributed by atoms with Crippen molar-refractivity contribution in [3.63, 3.8) is 0 Å². The molecule has 0 amide bonds. The highest BCUT2D eigenvalue weighted by Crippen LogP contribution is 2.27. The Morgan fingerprint density at radius 3 is 2.62 bits per heavy atom. The maximum atomic E-state index is 9.61. The molecule has 3 N–H and O–H groups in total. The van der Waals surface area contributed by atoms with Crippen molar-refractivity contribution >= 4 is 21.6 Å². The normalized spacial score (nSPS) is 10.7. The van der Waals surface area contributed by atoms with Crippen molar-refractivity contribution < 1.29 is 9.63 Å². The van der Waals surface area contributed by atoms with Crippen molar-refractivity contribution in [2.24, 2.45) is 0 Å². The summed E-state index contributed by atoms with van der Waals surface area (Å²) in [5.41, 5.74) is 7.60. The van der Waals surface area contributed by atoms with Crippen LogP contribution >= 0.6 is 15.9 Å². The van der Waals surface area contributed by atoms with Gasteiger partial charge in [-0.3, -0.25) is 0 Å². The Bertz CT molecular complexity index is 769. The van der Waals surface area contributed by atoms with E-state index in [9.17, 15) is 5.11 Å². The van der Waals surface area contributed by atoms with Gasteiger partial charge in [-0.1, -0.05) is 33.2 Å². The minimum Gasteiger partial charge on any atom is -0.506 e. The number of hydrogen-bond acceptors (Lipinski definition) is 5. The van der Waals surface area contributed by atoms with E-state index >= 15 is 0 Å². The lowest BCUT2D eigenvalue weighted by atomic mass is 10.1. The van der Waals surface area contributed by atoms with Crippen LogP contribution in [0.4, 0.5) is 5.69 Å². The van der Waals surface area contributed by atoms with E-state index in [2.05, 4.69) is 26.1 Å². The van der Waals surface area contributed by atoms with E-state index in [-0.39, 0.29) is 5.75 Å². The van der Waals surface area contributed by atoms with Gasteiger partial charge in [0.1, 0.15) is 5.75 Å². The molecule has 1 aromatic heterocycles. The van der Waals surface area contributed by atoms with Crippen LogP contribution in [0.2, 0.25) is 0 Å². The summed E-state index contributed by atoms with van der Waals surface area (Å²) in [7, 11) is 0. The van der Waals surface area contributed by atoms with Gasteiger partial charge in [0.05, 0.1) is 5.69 Å². The molecule has 0 saturated carbocycles. The summed E-state index contributed by atoms with van der Waals surface area (Å²) < 4.78 is 6.24. The van der Waals surface area contributed by atoms with E-state index in [1.165, 1.54) is 6.07 Å². The number of phenolic OH excluding ortho intramolecular Hbond substituents is 1. The van der Waals surface area contributed by atoms with Gasteiger partial charge in [-0.25, -0.2) is 0 Å². The number of hydrogen-bond donors (Lipinski definition) is 2. The summed E-state index contributed by atoms with van der Waals surface area (Å²) in [6, 6.07) is 12.8. The van der Waals surface area contributed by atoms with Crippen LogP contribution < -0.4 is 5.73 Å². The molecular formula is C15H12BrN3O2. The van der Waals surface area contributed by atoms with Crippen molar-refractivity contribution in [3.05, 3.63) is 58.3 Å². The van der Waals surface area contributed by atoms with E-state index < -0.39 is 0 Å². The third kappa shape index (κ3) is 3.05. The van der Waals surface area contributed by atoms with Crippen LogP contribution in [-0.2, 0) is 6.42 Å². The molecule has 1 heterocycles. The summed E-state index contributed by atoms with van der Waals surface area (Å²) in [6.45, 7) is 0. The minimum absolute atomic E-state index is 0.000148. The Hall–Kier alpha value is -2.34. The minimum atomic E-state index is 0.000148. The van der Waals surface area contributed by atoms with Crippen LogP contribution in [-0.4, -0.2) is 15.2 Å². The van der Waals surface area contributed by atoms with E-state index in [0.717, 1.165) is 10.0 Å². The van der Waals surface area contributed by atoms with Gasteiger partial charge in [-0.2, -0.15) is 4.98 Å². The first kappa shape index (κ1) is 13.6. The number of rotatable bonds is 3. The van der Waals surface area contributed by atoms with Crippen LogP contribution in [0.5, 0.6) is 5.75 Å². The Kier molecular flexibility index (Phi) is 3.62. The van der Waals surface area contributed by atoms with Crippen LogP contribution in [0.3, 0.4) is 0 Å². The summed E-state index contributed by atoms with van der Waals surface area (Å²) >= 11 is 3.39. The van der Waals surface area contributed by atoms with Crippen molar-refractivity contribution in [2.75, 3.05) is 5.73 Å². The fourth-order valence-electron chi connectivity index (χ4n) is 1.90. The number of aromatic hydroxyl groups is 1. The number of anilines is 1. The third-order valence-corrected chi connectivity index (χ3v) is 3.55. The zero-order valence-corrected chi connectivity index (χ0v) is 12.5. The predicted molar refractivity (Wildman–Crippen MR) is 82.8 cm³/mol. The Balaban J connectivity index is 1.82. The molecule has 3 rings (SSSR count). The number of nitrogen functional groups attached to an aromatic ring is 1. The van der Waals surface area contributed by atoms with Crippen molar-refractivity contribution in [2.45, 2.75) is 6.42 Å². The topological polar surface area (TPSA) is 85.2 Å². The average molecular weight is 346 g/mol. The van der Waals surface area contributed by atoms with Crippen molar-refractivity contribution in [3.8, 4) is 17.2 Å². The van der Waals surface area contributed by atoms with E-state index in [4.69, 9.17) is 10.3 Å². The van der Waals surface area contributed by atoms with Gasteiger partial charge in [0.2, 0.25) is 0 Å². The first-order valence-electron chi connectivity index (χ1n) is 6.28. The summed E-state index contributed by atoms with van der Waals surface area (Å²) in [6.07, 6.45) is 0.581. The van der Waals surface area contributed by atoms with E-state index in [1.807, 2.05) is 24.3 Å². The molecule has 0 radical (unpaired) electrons. The zero-order chi connectivity index (χ0) is 14.8. The molecule has 3 aromatic rings. The number of halogens is 1. The second kappa shape index (κ2) is 5.57. The van der Waals surface area contributed by atoms with Gasteiger partial charge < -0.3 is 15.4 Å². The summed E-state index contributed by atoms with van der Waals surface area (Å²) in [5.74, 6) is 0.946. The lowest BCUT2D eigenvalue weighted by Crippen LogP contribution is -1.90. The van der Waals surface area contributed by atoms with E-state index in [1.54, 1.807) is 12.1 Å². The highest BCUT2D eigenvalue weighted by Gasteiger charge is 2.11. The van der Waals surface area contributed by atoms with Gasteiger partial charge >= 0.3 is 0 Å².